The average molecular weight is 299 g/mol. The molecule has 1 atom stereocenters. The topological polar surface area (TPSA) is 55.8 Å². The van der Waals surface area contributed by atoms with Crippen LogP contribution >= 0.6 is 0 Å². The van der Waals surface area contributed by atoms with E-state index in [0.29, 0.717) is 5.92 Å². The van der Waals surface area contributed by atoms with Gasteiger partial charge < -0.3 is 20.2 Å². The van der Waals surface area contributed by atoms with Crippen molar-refractivity contribution in [2.45, 2.75) is 52.1 Å². The molecule has 0 aromatic heterocycles. The largest absolute Gasteiger partial charge is 0.392 e. The summed E-state index contributed by atoms with van der Waals surface area (Å²) in [5, 5.41) is 12.4. The standard InChI is InChI=1S/C16H33N3O2/c1-4-5-6-9-17-16(21)18(3)13-15-7-10-19(11-8-15)12-14(2)20/h14-15,20H,4-13H2,1-3H3,(H,17,21)/t14-/m1/s1. The number of amides is 2. The third kappa shape index (κ3) is 7.67. The van der Waals surface area contributed by atoms with Crippen LogP contribution in [-0.4, -0.2) is 66.8 Å². The number of aliphatic hydroxyl groups excluding tert-OH is 1. The molecule has 1 saturated heterocycles. The number of likely N-dealkylation sites (tertiary alicyclic amines) is 1. The van der Waals surface area contributed by atoms with Gasteiger partial charge in [-0.2, -0.15) is 0 Å². The highest BCUT2D eigenvalue weighted by Gasteiger charge is 2.22. The Bertz CT molecular complexity index is 289. The number of hydrogen-bond acceptors (Lipinski definition) is 3. The highest BCUT2D eigenvalue weighted by Crippen LogP contribution is 2.18. The minimum atomic E-state index is -0.252. The number of unbranched alkanes of at least 4 members (excludes halogenated alkanes) is 2. The molecule has 2 amide bonds. The van der Waals surface area contributed by atoms with E-state index in [4.69, 9.17) is 0 Å². The second-order valence-corrected chi connectivity index (χ2v) is 6.41. The predicted octanol–water partition coefficient (Wildman–Crippen LogP) is 1.91. The van der Waals surface area contributed by atoms with Gasteiger partial charge in [-0.25, -0.2) is 4.79 Å². The van der Waals surface area contributed by atoms with E-state index in [0.717, 1.165) is 52.0 Å². The molecule has 5 heteroatoms. The zero-order valence-electron chi connectivity index (χ0n) is 14.0. The fraction of sp³-hybridized carbons (Fsp3) is 0.938. The van der Waals surface area contributed by atoms with Gasteiger partial charge in [0.05, 0.1) is 6.10 Å². The molecule has 1 rings (SSSR count). The molecule has 1 fully saturated rings. The minimum absolute atomic E-state index is 0.0533. The van der Waals surface area contributed by atoms with Gasteiger partial charge in [0.25, 0.3) is 0 Å². The van der Waals surface area contributed by atoms with Gasteiger partial charge in [-0.05, 0) is 45.2 Å². The number of carbonyl (C=O) groups is 1. The highest BCUT2D eigenvalue weighted by atomic mass is 16.3. The van der Waals surface area contributed by atoms with Crippen molar-refractivity contribution in [3.8, 4) is 0 Å². The van der Waals surface area contributed by atoms with E-state index >= 15 is 0 Å². The van der Waals surface area contributed by atoms with Crippen molar-refractivity contribution in [1.29, 1.82) is 0 Å². The van der Waals surface area contributed by atoms with Crippen molar-refractivity contribution in [1.82, 2.24) is 15.1 Å². The lowest BCUT2D eigenvalue weighted by molar-refractivity contribution is 0.0945. The summed E-state index contributed by atoms with van der Waals surface area (Å²) in [4.78, 5) is 16.1. The summed E-state index contributed by atoms with van der Waals surface area (Å²) < 4.78 is 0. The predicted molar refractivity (Wildman–Crippen MR) is 86.4 cm³/mol. The van der Waals surface area contributed by atoms with Crippen molar-refractivity contribution in [3.05, 3.63) is 0 Å². The quantitative estimate of drug-likeness (QED) is 0.673. The first-order valence-corrected chi connectivity index (χ1v) is 8.42. The SMILES string of the molecule is CCCCCNC(=O)N(C)CC1CCN(C[C@@H](C)O)CC1. The van der Waals surface area contributed by atoms with Gasteiger partial charge in [-0.1, -0.05) is 19.8 Å². The number of aliphatic hydroxyl groups is 1. The molecular weight excluding hydrogens is 266 g/mol. The number of rotatable bonds is 8. The fourth-order valence-electron chi connectivity index (χ4n) is 2.90. The van der Waals surface area contributed by atoms with Crippen molar-refractivity contribution >= 4 is 6.03 Å². The van der Waals surface area contributed by atoms with E-state index in [2.05, 4.69) is 17.1 Å². The number of carbonyl (C=O) groups excluding carboxylic acids is 1. The highest BCUT2D eigenvalue weighted by molar-refractivity contribution is 5.73. The van der Waals surface area contributed by atoms with Gasteiger partial charge in [-0.15, -0.1) is 0 Å². The second-order valence-electron chi connectivity index (χ2n) is 6.41. The summed E-state index contributed by atoms with van der Waals surface area (Å²) >= 11 is 0. The summed E-state index contributed by atoms with van der Waals surface area (Å²) in [6.45, 7) is 8.44. The summed E-state index contributed by atoms with van der Waals surface area (Å²) in [5.74, 6) is 0.585. The van der Waals surface area contributed by atoms with Crippen molar-refractivity contribution in [2.24, 2.45) is 5.92 Å². The molecule has 1 aliphatic heterocycles. The molecule has 0 saturated carbocycles. The van der Waals surface area contributed by atoms with Crippen LogP contribution in [0.2, 0.25) is 0 Å². The molecule has 1 heterocycles. The molecule has 0 aromatic rings. The van der Waals surface area contributed by atoms with Crippen LogP contribution in [0.4, 0.5) is 4.79 Å². The van der Waals surface area contributed by atoms with Crippen molar-refractivity contribution < 1.29 is 9.90 Å². The van der Waals surface area contributed by atoms with Gasteiger partial charge >= 0.3 is 6.03 Å². The van der Waals surface area contributed by atoms with Gasteiger partial charge in [0, 0.05) is 26.7 Å². The van der Waals surface area contributed by atoms with Crippen LogP contribution < -0.4 is 5.32 Å². The molecule has 2 N–H and O–H groups in total. The van der Waals surface area contributed by atoms with Crippen LogP contribution in [0, 0.1) is 5.92 Å². The lowest BCUT2D eigenvalue weighted by Gasteiger charge is -2.34. The Hall–Kier alpha value is -0.810. The Morgan fingerprint density at radius 3 is 2.62 bits per heavy atom. The third-order valence-electron chi connectivity index (χ3n) is 4.16. The summed E-state index contributed by atoms with van der Waals surface area (Å²) in [5.41, 5.74) is 0. The van der Waals surface area contributed by atoms with E-state index in [1.54, 1.807) is 0 Å². The van der Waals surface area contributed by atoms with Crippen LogP contribution in [0.15, 0.2) is 0 Å². The molecule has 0 radical (unpaired) electrons. The minimum Gasteiger partial charge on any atom is -0.392 e. The first-order valence-electron chi connectivity index (χ1n) is 8.42. The van der Waals surface area contributed by atoms with Gasteiger partial charge in [0.2, 0.25) is 0 Å². The van der Waals surface area contributed by atoms with Crippen LogP contribution in [-0.2, 0) is 0 Å². The Labute approximate surface area is 129 Å². The monoisotopic (exact) mass is 299 g/mol. The van der Waals surface area contributed by atoms with E-state index in [1.165, 1.54) is 12.8 Å². The molecular formula is C16H33N3O2. The number of nitrogens with zero attached hydrogens (tertiary/aromatic N) is 2. The fourth-order valence-corrected chi connectivity index (χ4v) is 2.90. The first-order chi connectivity index (χ1) is 10.0. The number of hydrogen-bond donors (Lipinski definition) is 2. The molecule has 5 nitrogen and oxygen atoms in total. The molecule has 21 heavy (non-hydrogen) atoms. The van der Waals surface area contributed by atoms with Gasteiger partial charge in [0.1, 0.15) is 0 Å². The summed E-state index contributed by atoms with van der Waals surface area (Å²) in [6, 6.07) is 0.0533. The van der Waals surface area contributed by atoms with Crippen LogP contribution in [0.25, 0.3) is 0 Å². The number of nitrogens with one attached hydrogen (secondary N) is 1. The maximum Gasteiger partial charge on any atom is 0.317 e. The van der Waals surface area contributed by atoms with E-state index in [9.17, 15) is 9.90 Å². The Morgan fingerprint density at radius 2 is 2.05 bits per heavy atom. The second kappa shape index (κ2) is 10.0. The van der Waals surface area contributed by atoms with Gasteiger partial charge in [-0.3, -0.25) is 0 Å². The summed E-state index contributed by atoms with van der Waals surface area (Å²) in [7, 11) is 1.89. The average Bonchev–Trinajstić information content (AvgIpc) is 2.45. The Morgan fingerprint density at radius 1 is 1.38 bits per heavy atom. The van der Waals surface area contributed by atoms with Crippen molar-refractivity contribution in [2.75, 3.05) is 39.8 Å². The van der Waals surface area contributed by atoms with E-state index in [1.807, 2.05) is 18.9 Å². The van der Waals surface area contributed by atoms with Crippen LogP contribution in [0.3, 0.4) is 0 Å². The molecule has 0 aromatic carbocycles. The number of urea groups is 1. The van der Waals surface area contributed by atoms with E-state index in [-0.39, 0.29) is 12.1 Å². The van der Waals surface area contributed by atoms with Crippen LogP contribution in [0.1, 0.15) is 46.0 Å². The summed E-state index contributed by atoms with van der Waals surface area (Å²) in [6.07, 6.45) is 5.38. The zero-order valence-corrected chi connectivity index (χ0v) is 14.0. The van der Waals surface area contributed by atoms with E-state index < -0.39 is 0 Å². The zero-order chi connectivity index (χ0) is 15.7. The molecule has 0 unspecified atom stereocenters. The Kier molecular flexibility index (Phi) is 8.69. The van der Waals surface area contributed by atoms with Crippen molar-refractivity contribution in [3.63, 3.8) is 0 Å². The van der Waals surface area contributed by atoms with Gasteiger partial charge in [0.15, 0.2) is 0 Å². The normalized spacial score (nSPS) is 18.5. The van der Waals surface area contributed by atoms with Crippen LogP contribution in [0.5, 0.6) is 0 Å². The molecule has 1 aliphatic rings. The third-order valence-corrected chi connectivity index (χ3v) is 4.16. The lowest BCUT2D eigenvalue weighted by atomic mass is 9.96. The molecule has 0 spiro atoms. The molecule has 124 valence electrons. The lowest BCUT2D eigenvalue weighted by Crippen LogP contribution is -2.44. The maximum absolute atomic E-state index is 12.0. The Balaban J connectivity index is 2.17. The maximum atomic E-state index is 12.0. The first kappa shape index (κ1) is 18.2. The molecule has 0 bridgehead atoms. The number of β-amino-alcohol motifs (C(OH)–C–C–N with tert-alkyl or cyclic N) is 1. The molecule has 0 aliphatic carbocycles. The smallest absolute Gasteiger partial charge is 0.317 e. The number of piperidine rings is 1.